The average Bonchev–Trinajstić information content (AvgIpc) is 3.17. The summed E-state index contributed by atoms with van der Waals surface area (Å²) < 4.78 is 17.8. The lowest BCUT2D eigenvalue weighted by molar-refractivity contribution is -0.126. The van der Waals surface area contributed by atoms with Crippen LogP contribution in [0.25, 0.3) is 0 Å². The van der Waals surface area contributed by atoms with Gasteiger partial charge in [0.15, 0.2) is 0 Å². The minimum Gasteiger partial charge on any atom is -0.465 e. The first-order chi connectivity index (χ1) is 13.5. The number of esters is 1. The molecule has 1 N–H and O–H groups in total. The molecule has 2 atom stereocenters. The second-order valence-corrected chi connectivity index (χ2v) is 7.10. The van der Waals surface area contributed by atoms with Crippen LogP contribution in [0.1, 0.15) is 47.3 Å². The first kappa shape index (κ1) is 20.0. The summed E-state index contributed by atoms with van der Waals surface area (Å²) in [5.74, 6) is -0.652. The highest BCUT2D eigenvalue weighted by molar-refractivity contribution is 5.89. The van der Waals surface area contributed by atoms with Gasteiger partial charge in [0.2, 0.25) is 5.91 Å². The maximum absolute atomic E-state index is 13.1. The van der Waals surface area contributed by atoms with E-state index in [1.165, 1.54) is 19.2 Å². The summed E-state index contributed by atoms with van der Waals surface area (Å²) in [5, 5.41) is 3.07. The number of carbonyl (C=O) groups excluding carboxylic acids is 2. The van der Waals surface area contributed by atoms with E-state index < -0.39 is 0 Å². The van der Waals surface area contributed by atoms with Crippen molar-refractivity contribution in [2.45, 2.75) is 38.4 Å². The second-order valence-electron chi connectivity index (χ2n) is 7.10. The number of methoxy groups -OCH3 is 1. The van der Waals surface area contributed by atoms with Gasteiger partial charge in [-0.05, 0) is 61.7 Å². The number of hydrogen-bond acceptors (Lipinski definition) is 4. The lowest BCUT2D eigenvalue weighted by Gasteiger charge is -2.25. The fourth-order valence-electron chi connectivity index (χ4n) is 3.56. The fourth-order valence-corrected chi connectivity index (χ4v) is 3.56. The third-order valence-electron chi connectivity index (χ3n) is 5.16. The SMILES string of the molecule is COC(=O)c1ccc([C@H](C)NC(=O)[C@H]2CCCN2Cc2ccc(F)cc2)cc1. The molecule has 6 heteroatoms. The molecule has 1 aliphatic heterocycles. The van der Waals surface area contributed by atoms with E-state index in [-0.39, 0.29) is 29.8 Å². The van der Waals surface area contributed by atoms with Crippen LogP contribution in [0.4, 0.5) is 4.39 Å². The van der Waals surface area contributed by atoms with Crippen LogP contribution >= 0.6 is 0 Å². The van der Waals surface area contributed by atoms with E-state index in [1.807, 2.05) is 19.1 Å². The number of ether oxygens (including phenoxy) is 1. The van der Waals surface area contributed by atoms with Crippen LogP contribution in [0.2, 0.25) is 0 Å². The number of carbonyl (C=O) groups is 2. The van der Waals surface area contributed by atoms with Crippen molar-refractivity contribution in [3.63, 3.8) is 0 Å². The Hall–Kier alpha value is -2.73. The molecule has 2 aromatic rings. The number of halogens is 1. The second kappa shape index (κ2) is 8.97. The zero-order chi connectivity index (χ0) is 20.1. The third kappa shape index (κ3) is 4.75. The quantitative estimate of drug-likeness (QED) is 0.775. The van der Waals surface area contributed by atoms with Gasteiger partial charge in [0, 0.05) is 6.54 Å². The lowest BCUT2D eigenvalue weighted by Crippen LogP contribution is -2.43. The number of rotatable bonds is 6. The van der Waals surface area contributed by atoms with Gasteiger partial charge in [0.25, 0.3) is 0 Å². The highest BCUT2D eigenvalue weighted by Gasteiger charge is 2.31. The Morgan fingerprint density at radius 3 is 2.50 bits per heavy atom. The predicted octanol–water partition coefficient (Wildman–Crippen LogP) is 3.45. The van der Waals surface area contributed by atoms with E-state index in [1.54, 1.807) is 24.3 Å². The van der Waals surface area contributed by atoms with Crippen molar-refractivity contribution >= 4 is 11.9 Å². The molecule has 0 bridgehead atoms. The Balaban J connectivity index is 1.60. The number of amides is 1. The van der Waals surface area contributed by atoms with Gasteiger partial charge in [0.05, 0.1) is 24.8 Å². The number of nitrogens with zero attached hydrogens (tertiary/aromatic N) is 1. The molecule has 1 heterocycles. The summed E-state index contributed by atoms with van der Waals surface area (Å²) in [7, 11) is 1.35. The Labute approximate surface area is 164 Å². The van der Waals surface area contributed by atoms with Gasteiger partial charge in [0.1, 0.15) is 5.82 Å². The zero-order valence-corrected chi connectivity index (χ0v) is 16.2. The van der Waals surface area contributed by atoms with Crippen molar-refractivity contribution < 1.29 is 18.7 Å². The van der Waals surface area contributed by atoms with Crippen LogP contribution in [0, 0.1) is 5.82 Å². The lowest BCUT2D eigenvalue weighted by atomic mass is 10.1. The summed E-state index contributed by atoms with van der Waals surface area (Å²) in [5.41, 5.74) is 2.39. The molecule has 0 aliphatic carbocycles. The van der Waals surface area contributed by atoms with Crippen molar-refractivity contribution in [2.24, 2.45) is 0 Å². The van der Waals surface area contributed by atoms with Gasteiger partial charge in [-0.2, -0.15) is 0 Å². The van der Waals surface area contributed by atoms with Gasteiger partial charge in [-0.1, -0.05) is 24.3 Å². The topological polar surface area (TPSA) is 58.6 Å². The molecule has 148 valence electrons. The van der Waals surface area contributed by atoms with Gasteiger partial charge in [-0.25, -0.2) is 9.18 Å². The monoisotopic (exact) mass is 384 g/mol. The standard InChI is InChI=1S/C22H25FN2O3/c1-15(17-7-9-18(10-8-17)22(27)28-2)24-21(26)20-4-3-13-25(20)14-16-5-11-19(23)12-6-16/h5-12,15,20H,3-4,13-14H2,1-2H3,(H,24,26)/t15-,20+/m0/s1. The van der Waals surface area contributed by atoms with Crippen molar-refractivity contribution in [1.29, 1.82) is 0 Å². The molecule has 1 aliphatic rings. The summed E-state index contributed by atoms with van der Waals surface area (Å²) in [6.45, 7) is 3.39. The molecule has 0 saturated carbocycles. The molecule has 1 amide bonds. The fraction of sp³-hybridized carbons (Fsp3) is 0.364. The minimum absolute atomic E-state index is 0.0100. The molecule has 2 aromatic carbocycles. The van der Waals surface area contributed by atoms with E-state index in [4.69, 9.17) is 4.74 Å². The molecule has 0 radical (unpaired) electrons. The Morgan fingerprint density at radius 1 is 1.18 bits per heavy atom. The molecule has 5 nitrogen and oxygen atoms in total. The van der Waals surface area contributed by atoms with E-state index >= 15 is 0 Å². The maximum Gasteiger partial charge on any atom is 0.337 e. The first-order valence-corrected chi connectivity index (χ1v) is 9.45. The smallest absolute Gasteiger partial charge is 0.337 e. The van der Waals surface area contributed by atoms with E-state index in [9.17, 15) is 14.0 Å². The Morgan fingerprint density at radius 2 is 1.86 bits per heavy atom. The molecular formula is C22H25FN2O3. The van der Waals surface area contributed by atoms with Crippen LogP contribution in [0.15, 0.2) is 48.5 Å². The maximum atomic E-state index is 13.1. The summed E-state index contributed by atoms with van der Waals surface area (Å²) in [6.07, 6.45) is 1.77. The number of nitrogens with one attached hydrogen (secondary N) is 1. The van der Waals surface area contributed by atoms with Gasteiger partial charge >= 0.3 is 5.97 Å². The van der Waals surface area contributed by atoms with Crippen molar-refractivity contribution in [3.05, 3.63) is 71.0 Å². The molecule has 0 aromatic heterocycles. The summed E-state index contributed by atoms with van der Waals surface area (Å²) >= 11 is 0. The van der Waals surface area contributed by atoms with E-state index in [0.29, 0.717) is 12.1 Å². The van der Waals surface area contributed by atoms with Crippen LogP contribution in [0.3, 0.4) is 0 Å². The zero-order valence-electron chi connectivity index (χ0n) is 16.2. The molecule has 1 saturated heterocycles. The molecule has 0 spiro atoms. The number of likely N-dealkylation sites (tertiary alicyclic amines) is 1. The van der Waals surface area contributed by atoms with Crippen LogP contribution in [-0.2, 0) is 16.1 Å². The molecule has 1 fully saturated rings. The van der Waals surface area contributed by atoms with Gasteiger partial charge in [-0.3, -0.25) is 9.69 Å². The molecule has 0 unspecified atom stereocenters. The average molecular weight is 384 g/mol. The normalized spacial score (nSPS) is 17.9. The van der Waals surface area contributed by atoms with E-state index in [0.717, 1.165) is 30.5 Å². The van der Waals surface area contributed by atoms with Crippen molar-refractivity contribution in [3.8, 4) is 0 Å². The Kier molecular flexibility index (Phi) is 6.41. The number of benzene rings is 2. The molecule has 3 rings (SSSR count). The van der Waals surface area contributed by atoms with Crippen LogP contribution in [-0.4, -0.2) is 36.5 Å². The third-order valence-corrected chi connectivity index (χ3v) is 5.16. The van der Waals surface area contributed by atoms with Crippen molar-refractivity contribution in [1.82, 2.24) is 10.2 Å². The Bertz CT molecular complexity index is 821. The van der Waals surface area contributed by atoms with Gasteiger partial charge in [-0.15, -0.1) is 0 Å². The first-order valence-electron chi connectivity index (χ1n) is 9.45. The number of hydrogen-bond donors (Lipinski definition) is 1. The molecule has 28 heavy (non-hydrogen) atoms. The van der Waals surface area contributed by atoms with Crippen molar-refractivity contribution in [2.75, 3.05) is 13.7 Å². The predicted molar refractivity (Wildman–Crippen MR) is 104 cm³/mol. The largest absolute Gasteiger partial charge is 0.465 e. The molecular weight excluding hydrogens is 359 g/mol. The highest BCUT2D eigenvalue weighted by atomic mass is 19.1. The minimum atomic E-state index is -0.384. The van der Waals surface area contributed by atoms with Crippen LogP contribution < -0.4 is 5.32 Å². The van der Waals surface area contributed by atoms with Crippen LogP contribution in [0.5, 0.6) is 0 Å². The summed E-state index contributed by atoms with van der Waals surface area (Å²) in [4.78, 5) is 26.5. The van der Waals surface area contributed by atoms with E-state index in [2.05, 4.69) is 10.2 Å². The highest BCUT2D eigenvalue weighted by Crippen LogP contribution is 2.22. The van der Waals surface area contributed by atoms with Gasteiger partial charge < -0.3 is 10.1 Å². The summed E-state index contributed by atoms with van der Waals surface area (Å²) in [6, 6.07) is 13.1.